The highest BCUT2D eigenvalue weighted by atomic mass is 16.5. The summed E-state index contributed by atoms with van der Waals surface area (Å²) in [5.74, 6) is 0.245. The van der Waals surface area contributed by atoms with Crippen molar-refractivity contribution in [3.05, 3.63) is 65.2 Å². The first kappa shape index (κ1) is 22.5. The van der Waals surface area contributed by atoms with Gasteiger partial charge in [0.05, 0.1) is 0 Å². The minimum absolute atomic E-state index is 0.00890. The molecule has 0 bridgehead atoms. The van der Waals surface area contributed by atoms with Crippen molar-refractivity contribution in [2.24, 2.45) is 0 Å². The van der Waals surface area contributed by atoms with E-state index in [4.69, 9.17) is 4.74 Å². The molecule has 0 fully saturated rings. The Bertz CT molecular complexity index is 798. The van der Waals surface area contributed by atoms with Crippen LogP contribution in [0.4, 0.5) is 0 Å². The summed E-state index contributed by atoms with van der Waals surface area (Å²) in [7, 11) is 0. The summed E-state index contributed by atoms with van der Waals surface area (Å²) in [6.45, 7) is 9.90. The van der Waals surface area contributed by atoms with Crippen LogP contribution >= 0.6 is 0 Å². The fourth-order valence-corrected chi connectivity index (χ4v) is 2.93. The van der Waals surface area contributed by atoms with Gasteiger partial charge >= 0.3 is 0 Å². The minimum atomic E-state index is -0.600. The molecule has 0 aliphatic carbocycles. The van der Waals surface area contributed by atoms with Gasteiger partial charge in [0.15, 0.2) is 6.61 Å². The summed E-state index contributed by atoms with van der Waals surface area (Å²) in [6, 6.07) is 15.1. The molecule has 0 saturated heterocycles. The van der Waals surface area contributed by atoms with Crippen LogP contribution in [-0.4, -0.2) is 35.4 Å². The van der Waals surface area contributed by atoms with E-state index in [1.54, 1.807) is 11.8 Å². The molecule has 2 aromatic carbocycles. The normalized spacial score (nSPS) is 11.8. The lowest BCUT2D eigenvalue weighted by atomic mass is 10.1. The maximum Gasteiger partial charge on any atom is 0.261 e. The van der Waals surface area contributed by atoms with E-state index in [1.165, 1.54) is 5.56 Å². The second kappa shape index (κ2) is 10.6. The largest absolute Gasteiger partial charge is 0.484 e. The zero-order valence-electron chi connectivity index (χ0n) is 18.1. The number of benzene rings is 2. The van der Waals surface area contributed by atoms with Gasteiger partial charge in [-0.2, -0.15) is 0 Å². The van der Waals surface area contributed by atoms with E-state index < -0.39 is 6.04 Å². The predicted octanol–water partition coefficient (Wildman–Crippen LogP) is 3.88. The minimum Gasteiger partial charge on any atom is -0.484 e. The highest BCUT2D eigenvalue weighted by Crippen LogP contribution is 2.15. The van der Waals surface area contributed by atoms with Crippen molar-refractivity contribution in [2.75, 3.05) is 6.61 Å². The fraction of sp³-hybridized carbons (Fsp3) is 0.417. The number of carbonyl (C=O) groups is 2. The molecule has 0 unspecified atom stereocenters. The maximum absolute atomic E-state index is 13.0. The molecule has 2 rings (SSSR count). The van der Waals surface area contributed by atoms with Gasteiger partial charge < -0.3 is 15.0 Å². The smallest absolute Gasteiger partial charge is 0.261 e. The van der Waals surface area contributed by atoms with E-state index >= 15 is 0 Å². The first-order valence-corrected chi connectivity index (χ1v) is 10.2. The van der Waals surface area contributed by atoms with Crippen molar-refractivity contribution in [3.63, 3.8) is 0 Å². The molecule has 2 aromatic rings. The number of ether oxygens (including phenoxy) is 1. The van der Waals surface area contributed by atoms with E-state index in [0.717, 1.165) is 17.5 Å². The number of hydrogen-bond acceptors (Lipinski definition) is 3. The number of amides is 2. The average molecular weight is 397 g/mol. The number of aryl methyl sites for hydroxylation is 2. The molecule has 1 atom stereocenters. The lowest BCUT2D eigenvalue weighted by Gasteiger charge is -2.29. The summed E-state index contributed by atoms with van der Waals surface area (Å²) in [4.78, 5) is 27.1. The molecule has 0 aliphatic heterocycles. The summed E-state index contributed by atoms with van der Waals surface area (Å²) in [5, 5.41) is 2.89. The van der Waals surface area contributed by atoms with Gasteiger partial charge in [-0.25, -0.2) is 0 Å². The Morgan fingerprint density at radius 1 is 0.966 bits per heavy atom. The quantitative estimate of drug-likeness (QED) is 0.700. The average Bonchev–Trinajstić information content (AvgIpc) is 2.71. The number of carbonyl (C=O) groups excluding carboxylic acids is 2. The fourth-order valence-electron chi connectivity index (χ4n) is 2.93. The van der Waals surface area contributed by atoms with Gasteiger partial charge in [0, 0.05) is 12.6 Å². The zero-order valence-corrected chi connectivity index (χ0v) is 18.1. The van der Waals surface area contributed by atoms with Crippen molar-refractivity contribution in [1.82, 2.24) is 10.2 Å². The molecule has 2 amide bonds. The van der Waals surface area contributed by atoms with Gasteiger partial charge in [0.1, 0.15) is 11.8 Å². The standard InChI is InChI=1S/C24H32N2O3/c1-6-20-11-13-22(14-12-20)29-16-23(27)26(19(5)24(28)25-17(2)3)15-21-9-7-18(4)8-10-21/h7-14,17,19H,6,15-16H2,1-5H3,(H,25,28)/t19-/m1/s1. The third-order valence-electron chi connectivity index (χ3n) is 4.77. The summed E-state index contributed by atoms with van der Waals surface area (Å²) < 4.78 is 5.69. The van der Waals surface area contributed by atoms with Gasteiger partial charge in [0.25, 0.3) is 5.91 Å². The molecular weight excluding hydrogens is 364 g/mol. The van der Waals surface area contributed by atoms with Crippen molar-refractivity contribution < 1.29 is 14.3 Å². The molecule has 0 aliphatic rings. The van der Waals surface area contributed by atoms with E-state index in [-0.39, 0.29) is 24.5 Å². The summed E-state index contributed by atoms with van der Waals surface area (Å²) in [6.07, 6.45) is 0.950. The third-order valence-corrected chi connectivity index (χ3v) is 4.77. The molecule has 5 heteroatoms. The monoisotopic (exact) mass is 396 g/mol. The Kier molecular flexibility index (Phi) is 8.25. The number of hydrogen-bond donors (Lipinski definition) is 1. The van der Waals surface area contributed by atoms with Crippen molar-refractivity contribution >= 4 is 11.8 Å². The van der Waals surface area contributed by atoms with Crippen molar-refractivity contribution in [2.45, 2.75) is 59.7 Å². The number of nitrogens with one attached hydrogen (secondary N) is 1. The highest BCUT2D eigenvalue weighted by Gasteiger charge is 2.26. The predicted molar refractivity (Wildman–Crippen MR) is 116 cm³/mol. The molecule has 1 N–H and O–H groups in total. The first-order chi connectivity index (χ1) is 13.8. The second-order valence-electron chi connectivity index (χ2n) is 7.63. The molecule has 0 saturated carbocycles. The molecule has 29 heavy (non-hydrogen) atoms. The lowest BCUT2D eigenvalue weighted by molar-refractivity contribution is -0.142. The Balaban J connectivity index is 2.11. The second-order valence-corrected chi connectivity index (χ2v) is 7.63. The molecule has 0 aromatic heterocycles. The highest BCUT2D eigenvalue weighted by molar-refractivity contribution is 5.88. The number of nitrogens with zero attached hydrogens (tertiary/aromatic N) is 1. The molecule has 0 heterocycles. The van der Waals surface area contributed by atoms with Gasteiger partial charge in [-0.15, -0.1) is 0 Å². The number of rotatable bonds is 9. The van der Waals surface area contributed by atoms with Crippen LogP contribution < -0.4 is 10.1 Å². The van der Waals surface area contributed by atoms with Crippen LogP contribution in [0.25, 0.3) is 0 Å². The van der Waals surface area contributed by atoms with Crippen LogP contribution in [0.2, 0.25) is 0 Å². The Hall–Kier alpha value is -2.82. The van der Waals surface area contributed by atoms with Crippen LogP contribution in [0, 0.1) is 6.92 Å². The Labute approximate surface area is 174 Å². The van der Waals surface area contributed by atoms with E-state index in [0.29, 0.717) is 12.3 Å². The van der Waals surface area contributed by atoms with Gasteiger partial charge in [-0.1, -0.05) is 48.9 Å². The third kappa shape index (κ3) is 6.93. The van der Waals surface area contributed by atoms with Gasteiger partial charge in [0.2, 0.25) is 5.91 Å². The van der Waals surface area contributed by atoms with Gasteiger partial charge in [-0.3, -0.25) is 9.59 Å². The van der Waals surface area contributed by atoms with Crippen LogP contribution in [0.3, 0.4) is 0 Å². The molecule has 156 valence electrons. The van der Waals surface area contributed by atoms with Crippen molar-refractivity contribution in [1.29, 1.82) is 0 Å². The van der Waals surface area contributed by atoms with Crippen LogP contribution in [-0.2, 0) is 22.6 Å². The van der Waals surface area contributed by atoms with E-state index in [1.807, 2.05) is 69.3 Å². The molecule has 0 radical (unpaired) electrons. The maximum atomic E-state index is 13.0. The topological polar surface area (TPSA) is 58.6 Å². The van der Waals surface area contributed by atoms with Crippen LogP contribution in [0.1, 0.15) is 44.4 Å². The van der Waals surface area contributed by atoms with E-state index in [9.17, 15) is 9.59 Å². The Morgan fingerprint density at radius 3 is 2.10 bits per heavy atom. The summed E-state index contributed by atoms with van der Waals surface area (Å²) >= 11 is 0. The molecular formula is C24H32N2O3. The van der Waals surface area contributed by atoms with Crippen molar-refractivity contribution in [3.8, 4) is 5.75 Å². The Morgan fingerprint density at radius 2 is 1.55 bits per heavy atom. The SMILES string of the molecule is CCc1ccc(OCC(=O)N(Cc2ccc(C)cc2)[C@H](C)C(=O)NC(C)C)cc1. The van der Waals surface area contributed by atoms with Crippen LogP contribution in [0.15, 0.2) is 48.5 Å². The molecule has 5 nitrogen and oxygen atoms in total. The lowest BCUT2D eigenvalue weighted by Crippen LogP contribution is -2.50. The van der Waals surface area contributed by atoms with E-state index in [2.05, 4.69) is 12.2 Å². The van der Waals surface area contributed by atoms with Crippen LogP contribution in [0.5, 0.6) is 5.75 Å². The molecule has 0 spiro atoms. The van der Waals surface area contributed by atoms with Gasteiger partial charge in [-0.05, 0) is 57.4 Å². The summed E-state index contributed by atoms with van der Waals surface area (Å²) in [5.41, 5.74) is 3.33. The zero-order chi connectivity index (χ0) is 21.4. The first-order valence-electron chi connectivity index (χ1n) is 10.2.